The fraction of sp³-hybridized carbons (Fsp3) is 0.812. The number of ether oxygens (including phenoxy) is 3. The van der Waals surface area contributed by atoms with Crippen LogP contribution in [0.5, 0.6) is 0 Å². The third-order valence-corrected chi connectivity index (χ3v) is 12.6. The minimum atomic E-state index is -1.19. The van der Waals surface area contributed by atoms with E-state index in [0.29, 0.717) is 24.9 Å². The van der Waals surface area contributed by atoms with Crippen LogP contribution >= 0.6 is 0 Å². The van der Waals surface area contributed by atoms with Gasteiger partial charge in [-0.25, -0.2) is 0 Å². The number of esters is 1. The highest BCUT2D eigenvalue weighted by molar-refractivity contribution is 5.95. The molecule has 38 heavy (non-hydrogen) atoms. The highest BCUT2D eigenvalue weighted by Gasteiger charge is 2.71. The van der Waals surface area contributed by atoms with E-state index in [-0.39, 0.29) is 52.0 Å². The predicted molar refractivity (Wildman–Crippen MR) is 143 cm³/mol. The summed E-state index contributed by atoms with van der Waals surface area (Å²) in [5.74, 6) is -0.124. The van der Waals surface area contributed by atoms with Crippen molar-refractivity contribution < 1.29 is 28.9 Å². The lowest BCUT2D eigenvalue weighted by Gasteiger charge is -2.66. The fourth-order valence-electron chi connectivity index (χ4n) is 10.4. The van der Waals surface area contributed by atoms with E-state index in [0.717, 1.165) is 25.7 Å². The van der Waals surface area contributed by atoms with Gasteiger partial charge in [0.1, 0.15) is 17.8 Å². The molecule has 0 aromatic carbocycles. The van der Waals surface area contributed by atoms with Crippen LogP contribution in [0.4, 0.5) is 0 Å². The normalized spacial score (nSPS) is 52.0. The third-order valence-electron chi connectivity index (χ3n) is 12.6. The summed E-state index contributed by atoms with van der Waals surface area (Å²) in [4.78, 5) is 25.5. The lowest BCUT2D eigenvalue weighted by Crippen LogP contribution is -2.64. The van der Waals surface area contributed by atoms with Crippen LogP contribution in [0.25, 0.3) is 0 Å². The molecular formula is C32H46O6. The van der Waals surface area contributed by atoms with Crippen LogP contribution in [0.15, 0.2) is 23.8 Å². The van der Waals surface area contributed by atoms with Gasteiger partial charge in [-0.15, -0.1) is 0 Å². The van der Waals surface area contributed by atoms with Gasteiger partial charge in [0.2, 0.25) is 5.79 Å². The van der Waals surface area contributed by atoms with Crippen molar-refractivity contribution in [1.29, 1.82) is 0 Å². The topological polar surface area (TPSA) is 85.4 Å². The molecule has 6 aliphatic rings. The van der Waals surface area contributed by atoms with Crippen LogP contribution in [-0.4, -0.2) is 47.1 Å². The van der Waals surface area contributed by atoms with E-state index in [1.54, 1.807) is 0 Å². The maximum absolute atomic E-state index is 13.0. The molecule has 6 nitrogen and oxygen atoms in total. The molecule has 210 valence electrons. The second-order valence-corrected chi connectivity index (χ2v) is 15.0. The van der Waals surface area contributed by atoms with E-state index < -0.39 is 16.8 Å². The molecule has 4 aliphatic carbocycles. The number of carbonyl (C=O) groups is 2. The van der Waals surface area contributed by atoms with Crippen LogP contribution in [0.1, 0.15) is 87.5 Å². The molecule has 1 N–H and O–H groups in total. The number of fused-ring (bicyclic) bond motifs is 5. The first-order chi connectivity index (χ1) is 17.5. The number of allylic oxidation sites excluding steroid dienone is 3. The molecule has 2 heterocycles. The van der Waals surface area contributed by atoms with Gasteiger partial charge in [0.05, 0.1) is 6.61 Å². The molecule has 0 aromatic rings. The lowest BCUT2D eigenvalue weighted by molar-refractivity contribution is -0.188. The Balaban J connectivity index is 1.34. The Hall–Kier alpha value is -1.50. The van der Waals surface area contributed by atoms with E-state index in [4.69, 9.17) is 14.2 Å². The molecule has 4 fully saturated rings. The van der Waals surface area contributed by atoms with Gasteiger partial charge in [-0.3, -0.25) is 9.59 Å². The Labute approximate surface area is 227 Å². The fourth-order valence-corrected chi connectivity index (χ4v) is 10.4. The molecule has 0 bridgehead atoms. The number of aliphatic hydroxyl groups is 1. The van der Waals surface area contributed by atoms with Gasteiger partial charge in [-0.2, -0.15) is 0 Å². The van der Waals surface area contributed by atoms with Crippen molar-refractivity contribution in [3.05, 3.63) is 23.8 Å². The maximum Gasteiger partial charge on any atom is 0.302 e. The summed E-state index contributed by atoms with van der Waals surface area (Å²) in [7, 11) is 0. The van der Waals surface area contributed by atoms with E-state index >= 15 is 0 Å². The second-order valence-electron chi connectivity index (χ2n) is 15.0. The van der Waals surface area contributed by atoms with E-state index in [1.165, 1.54) is 12.5 Å². The van der Waals surface area contributed by atoms with Crippen molar-refractivity contribution in [2.24, 2.45) is 45.3 Å². The molecule has 1 unspecified atom stereocenters. The summed E-state index contributed by atoms with van der Waals surface area (Å²) < 4.78 is 18.1. The second kappa shape index (κ2) is 7.82. The first-order valence-corrected chi connectivity index (χ1v) is 14.7. The SMILES string of the molecule is CC(=O)O[C@@H]1C[C@H]2C(C)(C)C(=O)C=C[C@]2(C)[C@H]2CC[C@]3(C)C(=CC[C@H]3[C@@H]3CO[C@@H](C4(O)OC4(C)C)C3)[C@@]21C. The van der Waals surface area contributed by atoms with Crippen LogP contribution in [0.3, 0.4) is 0 Å². The average molecular weight is 527 g/mol. The van der Waals surface area contributed by atoms with Crippen molar-refractivity contribution >= 4 is 11.8 Å². The number of hydrogen-bond acceptors (Lipinski definition) is 6. The van der Waals surface area contributed by atoms with Crippen molar-refractivity contribution in [2.75, 3.05) is 6.61 Å². The first-order valence-electron chi connectivity index (χ1n) is 14.7. The highest BCUT2D eigenvalue weighted by Crippen LogP contribution is 2.72. The van der Waals surface area contributed by atoms with Crippen molar-refractivity contribution in [1.82, 2.24) is 0 Å². The zero-order valence-electron chi connectivity index (χ0n) is 24.4. The summed E-state index contributed by atoms with van der Waals surface area (Å²) in [6, 6.07) is 0. The number of rotatable bonds is 3. The van der Waals surface area contributed by atoms with Gasteiger partial charge in [0, 0.05) is 17.8 Å². The largest absolute Gasteiger partial charge is 0.462 e. The van der Waals surface area contributed by atoms with Crippen LogP contribution in [-0.2, 0) is 23.8 Å². The summed E-state index contributed by atoms with van der Waals surface area (Å²) in [6.07, 6.45) is 10.5. The van der Waals surface area contributed by atoms with E-state index in [9.17, 15) is 14.7 Å². The Bertz CT molecular complexity index is 1130. The Morgan fingerprint density at radius 1 is 1.08 bits per heavy atom. The molecule has 10 atom stereocenters. The number of epoxide rings is 1. The van der Waals surface area contributed by atoms with Crippen molar-refractivity contribution in [3.63, 3.8) is 0 Å². The van der Waals surface area contributed by atoms with Gasteiger partial charge < -0.3 is 19.3 Å². The zero-order valence-corrected chi connectivity index (χ0v) is 24.4. The molecular weight excluding hydrogens is 480 g/mol. The van der Waals surface area contributed by atoms with Crippen molar-refractivity contribution in [3.8, 4) is 0 Å². The minimum Gasteiger partial charge on any atom is -0.462 e. The standard InChI is InChI=1S/C32H46O6/c1-18(33)37-25-16-23-27(2,3)24(34)12-14-30(23,7)22-11-13-29(6)20(9-10-21(29)31(22,25)8)19-15-26(36-17-19)32(35)28(4,5)38-32/h10,12,14,19-20,22-23,25-26,35H,9,11,13,15-17H2,1-8H3/t19-,20-,22+,23-,25+,26+,29-,30+,31-,32?/m0/s1. The highest BCUT2D eigenvalue weighted by atomic mass is 16.8. The summed E-state index contributed by atoms with van der Waals surface area (Å²) in [5, 5.41) is 11.0. The van der Waals surface area contributed by atoms with Crippen LogP contribution < -0.4 is 0 Å². The zero-order chi connectivity index (χ0) is 27.7. The average Bonchev–Trinajstić information content (AvgIpc) is 3.18. The van der Waals surface area contributed by atoms with Gasteiger partial charge in [0.25, 0.3) is 0 Å². The predicted octanol–water partition coefficient (Wildman–Crippen LogP) is 5.38. The maximum atomic E-state index is 13.0. The van der Waals surface area contributed by atoms with E-state index in [1.807, 2.05) is 19.9 Å². The molecule has 0 amide bonds. The minimum absolute atomic E-state index is 0.0258. The summed E-state index contributed by atoms with van der Waals surface area (Å²) >= 11 is 0. The van der Waals surface area contributed by atoms with E-state index in [2.05, 4.69) is 46.8 Å². The van der Waals surface area contributed by atoms with Gasteiger partial charge in [0.15, 0.2) is 5.78 Å². The first kappa shape index (κ1) is 26.7. The van der Waals surface area contributed by atoms with Gasteiger partial charge in [-0.05, 0) is 86.5 Å². The molecule has 2 saturated carbocycles. The Morgan fingerprint density at radius 3 is 2.39 bits per heavy atom. The van der Waals surface area contributed by atoms with Gasteiger partial charge >= 0.3 is 5.97 Å². The molecule has 0 aromatic heterocycles. The lowest BCUT2D eigenvalue weighted by atomic mass is 9.38. The Kier molecular flexibility index (Phi) is 5.50. The van der Waals surface area contributed by atoms with Crippen LogP contribution in [0, 0.1) is 45.3 Å². The molecule has 2 saturated heterocycles. The molecule has 2 aliphatic heterocycles. The molecule has 6 rings (SSSR count). The van der Waals surface area contributed by atoms with Gasteiger partial charge in [-0.1, -0.05) is 52.3 Å². The third kappa shape index (κ3) is 3.23. The molecule has 0 radical (unpaired) electrons. The molecule has 0 spiro atoms. The number of ketones is 1. The quantitative estimate of drug-likeness (QED) is 0.302. The smallest absolute Gasteiger partial charge is 0.302 e. The monoisotopic (exact) mass is 526 g/mol. The van der Waals surface area contributed by atoms with Crippen LogP contribution in [0.2, 0.25) is 0 Å². The summed E-state index contributed by atoms with van der Waals surface area (Å²) in [6.45, 7) is 17.2. The molecule has 6 heteroatoms. The summed E-state index contributed by atoms with van der Waals surface area (Å²) in [5.41, 5.74) is -0.102. The number of hydrogen-bond donors (Lipinski definition) is 1. The van der Waals surface area contributed by atoms with Crippen molar-refractivity contribution in [2.45, 2.75) is 111 Å². The Morgan fingerprint density at radius 2 is 1.76 bits per heavy atom. The number of carbonyl (C=O) groups excluding carboxylic acids is 2.